The zero-order valence-corrected chi connectivity index (χ0v) is 16.4. The maximum absolute atomic E-state index is 12.6. The van der Waals surface area contributed by atoms with Gasteiger partial charge in [-0.2, -0.15) is 0 Å². The summed E-state index contributed by atoms with van der Waals surface area (Å²) < 4.78 is 31.2. The zero-order chi connectivity index (χ0) is 19.4. The minimum Gasteiger partial charge on any atom is -0.468 e. The summed E-state index contributed by atoms with van der Waals surface area (Å²) in [5.41, 5.74) is 0.317. The Hall–Kier alpha value is -2.16. The Kier molecular flexibility index (Phi) is 5.98. The molecule has 0 radical (unpaired) electrons. The Morgan fingerprint density at radius 2 is 1.96 bits per heavy atom. The van der Waals surface area contributed by atoms with Crippen molar-refractivity contribution in [3.8, 4) is 0 Å². The summed E-state index contributed by atoms with van der Waals surface area (Å²) in [4.78, 5) is 15.0. The highest BCUT2D eigenvalue weighted by atomic mass is 32.2. The molecule has 1 aromatic carbocycles. The molecule has 0 spiro atoms. The fourth-order valence-corrected chi connectivity index (χ4v) is 4.19. The van der Waals surface area contributed by atoms with Gasteiger partial charge in [-0.3, -0.25) is 9.69 Å². The lowest BCUT2D eigenvalue weighted by molar-refractivity contribution is 0.0933. The second-order valence-corrected chi connectivity index (χ2v) is 8.95. The summed E-state index contributed by atoms with van der Waals surface area (Å²) >= 11 is 0. The van der Waals surface area contributed by atoms with E-state index in [2.05, 4.69) is 10.2 Å². The van der Waals surface area contributed by atoms with Crippen LogP contribution in [0.3, 0.4) is 0 Å². The van der Waals surface area contributed by atoms with Crippen molar-refractivity contribution in [3.63, 3.8) is 0 Å². The molecule has 146 valence electrons. The fourth-order valence-electron chi connectivity index (χ4n) is 3.24. The summed E-state index contributed by atoms with van der Waals surface area (Å²) in [6.07, 6.45) is 3.90. The largest absolute Gasteiger partial charge is 0.468 e. The van der Waals surface area contributed by atoms with Gasteiger partial charge < -0.3 is 9.73 Å². The number of likely N-dealkylation sites (tertiary alicyclic amines) is 1. The van der Waals surface area contributed by atoms with E-state index in [9.17, 15) is 13.2 Å². The Labute approximate surface area is 160 Å². The first-order valence-electron chi connectivity index (χ1n) is 8.98. The highest BCUT2D eigenvalue weighted by Gasteiger charge is 2.26. The molecule has 1 unspecified atom stereocenters. The maximum atomic E-state index is 12.6. The Morgan fingerprint density at radius 3 is 2.59 bits per heavy atom. The van der Waals surface area contributed by atoms with E-state index in [4.69, 9.17) is 4.42 Å². The molecule has 1 amide bonds. The minimum absolute atomic E-state index is 0.0276. The van der Waals surface area contributed by atoms with E-state index in [1.165, 1.54) is 26.2 Å². The van der Waals surface area contributed by atoms with Crippen LogP contribution in [0, 0.1) is 0 Å². The normalized spacial score (nSPS) is 16.6. The van der Waals surface area contributed by atoms with Crippen molar-refractivity contribution in [3.05, 3.63) is 54.0 Å². The standard InChI is InChI=1S/C19H25N3O4S/c1-21(2)27(24,25)16-8-5-7-15(13-16)19(23)20-14-17(18-9-6-12-26-18)22-10-3-4-11-22/h5-9,12-13,17H,3-4,10-11,14H2,1-2H3,(H,20,23). The number of carbonyl (C=O) groups is 1. The first-order chi connectivity index (χ1) is 12.9. The molecule has 0 bridgehead atoms. The van der Waals surface area contributed by atoms with E-state index in [1.807, 2.05) is 12.1 Å². The molecule has 8 heteroatoms. The molecule has 3 rings (SSSR count). The number of carbonyl (C=O) groups excluding carboxylic acids is 1. The molecule has 2 aromatic rings. The maximum Gasteiger partial charge on any atom is 0.251 e. The molecule has 0 aliphatic carbocycles. The third kappa shape index (κ3) is 4.40. The number of sulfonamides is 1. The zero-order valence-electron chi connectivity index (χ0n) is 15.6. The number of hydrogen-bond acceptors (Lipinski definition) is 5. The summed E-state index contributed by atoms with van der Waals surface area (Å²) in [6.45, 7) is 2.34. The SMILES string of the molecule is CN(C)S(=O)(=O)c1cccc(C(=O)NCC(c2ccco2)N2CCCC2)c1. The summed E-state index contributed by atoms with van der Waals surface area (Å²) in [6, 6.07) is 9.82. The van der Waals surface area contributed by atoms with Crippen LogP contribution < -0.4 is 5.32 Å². The van der Waals surface area contributed by atoms with Crippen molar-refractivity contribution in [2.24, 2.45) is 0 Å². The molecule has 1 aliphatic rings. The molecule has 1 aromatic heterocycles. The number of hydrogen-bond donors (Lipinski definition) is 1. The van der Waals surface area contributed by atoms with Gasteiger partial charge in [0.1, 0.15) is 5.76 Å². The highest BCUT2D eigenvalue weighted by Crippen LogP contribution is 2.25. The van der Waals surface area contributed by atoms with Gasteiger partial charge in [0.2, 0.25) is 10.0 Å². The van der Waals surface area contributed by atoms with Gasteiger partial charge in [-0.25, -0.2) is 12.7 Å². The first-order valence-corrected chi connectivity index (χ1v) is 10.4. The molecule has 1 atom stereocenters. The van der Waals surface area contributed by atoms with E-state index in [0.717, 1.165) is 36.0 Å². The van der Waals surface area contributed by atoms with Crippen LogP contribution in [0.1, 0.15) is 35.0 Å². The second-order valence-electron chi connectivity index (χ2n) is 6.80. The van der Waals surface area contributed by atoms with Crippen LogP contribution in [0.15, 0.2) is 52.0 Å². The van der Waals surface area contributed by atoms with Crippen LogP contribution >= 0.6 is 0 Å². The van der Waals surface area contributed by atoms with Crippen LogP contribution in [0.2, 0.25) is 0 Å². The van der Waals surface area contributed by atoms with Crippen molar-refractivity contribution in [2.75, 3.05) is 33.7 Å². The molecule has 27 heavy (non-hydrogen) atoms. The molecule has 1 aliphatic heterocycles. The molecule has 2 heterocycles. The van der Waals surface area contributed by atoms with Gasteiger partial charge in [0.25, 0.3) is 5.91 Å². The Bertz CT molecular complexity index is 872. The lowest BCUT2D eigenvalue weighted by Crippen LogP contribution is -2.36. The highest BCUT2D eigenvalue weighted by molar-refractivity contribution is 7.89. The van der Waals surface area contributed by atoms with Crippen LogP contribution in [0.25, 0.3) is 0 Å². The molecule has 1 saturated heterocycles. The van der Waals surface area contributed by atoms with Crippen LogP contribution in [0.5, 0.6) is 0 Å². The quantitative estimate of drug-likeness (QED) is 0.782. The molecule has 0 saturated carbocycles. The van der Waals surface area contributed by atoms with Gasteiger partial charge in [0, 0.05) is 26.2 Å². The number of rotatable bonds is 7. The Morgan fingerprint density at radius 1 is 1.22 bits per heavy atom. The van der Waals surface area contributed by atoms with E-state index in [0.29, 0.717) is 12.1 Å². The summed E-state index contributed by atoms with van der Waals surface area (Å²) in [7, 11) is -0.654. The van der Waals surface area contributed by atoms with Crippen molar-refractivity contribution >= 4 is 15.9 Å². The monoisotopic (exact) mass is 391 g/mol. The van der Waals surface area contributed by atoms with Crippen molar-refractivity contribution < 1.29 is 17.6 Å². The number of amides is 1. The fraction of sp³-hybridized carbons (Fsp3) is 0.421. The lowest BCUT2D eigenvalue weighted by Gasteiger charge is -2.26. The third-order valence-electron chi connectivity index (χ3n) is 4.78. The topological polar surface area (TPSA) is 82.9 Å². The van der Waals surface area contributed by atoms with Gasteiger partial charge in [-0.05, 0) is 56.3 Å². The van der Waals surface area contributed by atoms with Crippen LogP contribution in [-0.4, -0.2) is 57.3 Å². The molecule has 7 nitrogen and oxygen atoms in total. The van der Waals surface area contributed by atoms with Crippen molar-refractivity contribution in [1.82, 2.24) is 14.5 Å². The molecular formula is C19H25N3O4S. The average molecular weight is 391 g/mol. The minimum atomic E-state index is -3.58. The first kappa shape index (κ1) is 19.6. The Balaban J connectivity index is 1.73. The smallest absolute Gasteiger partial charge is 0.251 e. The molecule has 1 fully saturated rings. The van der Waals surface area contributed by atoms with Gasteiger partial charge in [-0.1, -0.05) is 6.07 Å². The number of benzene rings is 1. The predicted molar refractivity (Wildman–Crippen MR) is 102 cm³/mol. The summed E-state index contributed by atoms with van der Waals surface area (Å²) in [5, 5.41) is 2.92. The third-order valence-corrected chi connectivity index (χ3v) is 6.59. The van der Waals surface area contributed by atoms with Gasteiger partial charge in [-0.15, -0.1) is 0 Å². The number of nitrogens with zero attached hydrogens (tertiary/aromatic N) is 2. The van der Waals surface area contributed by atoms with Crippen LogP contribution in [0.4, 0.5) is 0 Å². The van der Waals surface area contributed by atoms with E-state index in [-0.39, 0.29) is 16.8 Å². The molecular weight excluding hydrogens is 366 g/mol. The van der Waals surface area contributed by atoms with E-state index >= 15 is 0 Å². The molecule has 1 N–H and O–H groups in total. The van der Waals surface area contributed by atoms with E-state index in [1.54, 1.807) is 18.4 Å². The van der Waals surface area contributed by atoms with Gasteiger partial charge in [0.05, 0.1) is 17.2 Å². The second kappa shape index (κ2) is 8.24. The average Bonchev–Trinajstić information content (AvgIpc) is 3.36. The van der Waals surface area contributed by atoms with Gasteiger partial charge >= 0.3 is 0 Å². The summed E-state index contributed by atoms with van der Waals surface area (Å²) in [5.74, 6) is 0.516. The van der Waals surface area contributed by atoms with Crippen molar-refractivity contribution in [2.45, 2.75) is 23.8 Å². The number of furan rings is 1. The van der Waals surface area contributed by atoms with Gasteiger partial charge in [0.15, 0.2) is 0 Å². The van der Waals surface area contributed by atoms with Crippen LogP contribution in [-0.2, 0) is 10.0 Å². The predicted octanol–water partition coefficient (Wildman–Crippen LogP) is 2.10. The van der Waals surface area contributed by atoms with Crippen molar-refractivity contribution in [1.29, 1.82) is 0 Å². The number of nitrogens with one attached hydrogen (secondary N) is 1. The van der Waals surface area contributed by atoms with E-state index < -0.39 is 10.0 Å². The lowest BCUT2D eigenvalue weighted by atomic mass is 10.1.